The average molecular weight is 1090 g/mol. The Morgan fingerprint density at radius 1 is 0.947 bits per heavy atom. The molecule has 4 aromatic rings. The van der Waals surface area contributed by atoms with Crippen LogP contribution in [0.1, 0.15) is 76.4 Å². The van der Waals surface area contributed by atoms with Crippen LogP contribution in [0.4, 0.5) is 24.5 Å². The average Bonchev–Trinajstić information content (AvgIpc) is 4.10. The smallest absolute Gasteiger partial charge is 0.417 e. The van der Waals surface area contributed by atoms with E-state index in [1.807, 2.05) is 63.8 Å². The van der Waals surface area contributed by atoms with E-state index in [1.165, 1.54) is 11.0 Å². The van der Waals surface area contributed by atoms with Crippen molar-refractivity contribution >= 4 is 63.7 Å². The van der Waals surface area contributed by atoms with Gasteiger partial charge in [-0.15, -0.1) is 11.3 Å². The molecule has 3 N–H and O–H groups in total. The molecular weight excluding hydrogens is 1020 g/mol. The summed E-state index contributed by atoms with van der Waals surface area (Å²) in [6.07, 6.45) is -5.64. The van der Waals surface area contributed by atoms with Crippen molar-refractivity contribution in [2.45, 2.75) is 90.8 Å². The molecule has 76 heavy (non-hydrogen) atoms. The number of hydrogen-bond donors (Lipinski definition) is 3. The van der Waals surface area contributed by atoms with Gasteiger partial charge in [0.1, 0.15) is 30.0 Å². The standard InChI is InChI=1S/C54H66F3N9O8S2/c1-34(36-8-10-37(11-9-36)46-35(2)59-33-76-46)60-48(69)44-29-41(67)31-64(44)49(70)47(52(3,4)5)61-45(68)32-63-20-25-72-23-18-62(19-24-73-26-21-63)22-27-74-42-16-14-39(15-17-42)66-51(75)65(50(71)53(66,6)7)40-13-12-38(30-58)43(28-40)54(55,56)57/h8-17,28,33-34,41,44,47,67H,18-27,29,31-32H2,1-7H3,(H,60,69)(H,61,68)/t34?,41-,44+,47?/m1/s1. The van der Waals surface area contributed by atoms with Crippen molar-refractivity contribution in [3.8, 4) is 22.3 Å². The maximum atomic E-state index is 14.3. The lowest BCUT2D eigenvalue weighted by Gasteiger charge is -2.36. The number of β-amino-alcohol motifs (C(OH)–C–C–N with tert-alkyl or cyclic N) is 1. The molecule has 2 unspecified atom stereocenters. The van der Waals surface area contributed by atoms with Crippen LogP contribution < -0.4 is 25.2 Å². The fourth-order valence-corrected chi connectivity index (χ4v) is 10.8. The maximum absolute atomic E-state index is 14.3. The minimum atomic E-state index is -4.81. The normalized spacial score (nSPS) is 20.1. The second-order valence-electron chi connectivity index (χ2n) is 20.7. The monoisotopic (exact) mass is 1090 g/mol. The minimum Gasteiger partial charge on any atom is -0.492 e. The van der Waals surface area contributed by atoms with Crippen LogP contribution in [0.3, 0.4) is 0 Å². The topological polar surface area (TPSA) is 193 Å². The van der Waals surface area contributed by atoms with E-state index in [2.05, 4.69) is 20.5 Å². The van der Waals surface area contributed by atoms with Crippen molar-refractivity contribution in [3.63, 3.8) is 0 Å². The molecule has 4 amide bonds. The molecule has 7 rings (SSSR count). The van der Waals surface area contributed by atoms with Crippen molar-refractivity contribution in [2.24, 2.45) is 5.41 Å². The summed E-state index contributed by atoms with van der Waals surface area (Å²) >= 11 is 7.23. The highest BCUT2D eigenvalue weighted by Gasteiger charge is 2.51. The van der Waals surface area contributed by atoms with Gasteiger partial charge in [-0.3, -0.25) is 33.9 Å². The summed E-state index contributed by atoms with van der Waals surface area (Å²) in [5, 5.41) is 26.0. The van der Waals surface area contributed by atoms with Crippen LogP contribution in [-0.4, -0.2) is 156 Å². The van der Waals surface area contributed by atoms with Crippen LogP contribution in [0.2, 0.25) is 0 Å². The van der Waals surface area contributed by atoms with Gasteiger partial charge in [0.25, 0.3) is 5.91 Å². The zero-order chi connectivity index (χ0) is 55.1. The molecule has 22 heteroatoms. The Morgan fingerprint density at radius 2 is 1.57 bits per heavy atom. The molecule has 0 spiro atoms. The van der Waals surface area contributed by atoms with E-state index in [1.54, 1.807) is 65.9 Å². The van der Waals surface area contributed by atoms with Crippen molar-refractivity contribution in [1.29, 1.82) is 5.26 Å². The van der Waals surface area contributed by atoms with Crippen LogP contribution in [0.15, 0.2) is 72.2 Å². The third-order valence-corrected chi connectivity index (χ3v) is 15.1. The number of aliphatic hydroxyl groups excluding tert-OH is 1. The summed E-state index contributed by atoms with van der Waals surface area (Å²) in [5.41, 5.74) is 1.42. The first kappa shape index (κ1) is 57.6. The van der Waals surface area contributed by atoms with Crippen molar-refractivity contribution in [3.05, 3.63) is 94.6 Å². The van der Waals surface area contributed by atoms with Gasteiger partial charge < -0.3 is 39.8 Å². The number of nitrogens with one attached hydrogen (secondary N) is 2. The maximum Gasteiger partial charge on any atom is 0.417 e. The zero-order valence-corrected chi connectivity index (χ0v) is 45.4. The van der Waals surface area contributed by atoms with Crippen LogP contribution in [0, 0.1) is 23.7 Å². The molecule has 408 valence electrons. The van der Waals surface area contributed by atoms with Gasteiger partial charge in [-0.1, -0.05) is 45.0 Å². The van der Waals surface area contributed by atoms with Gasteiger partial charge in [0, 0.05) is 51.4 Å². The highest BCUT2D eigenvalue weighted by Crippen LogP contribution is 2.40. The number of thiazole rings is 1. The highest BCUT2D eigenvalue weighted by atomic mass is 32.1. The number of halogens is 3. The Bertz CT molecular complexity index is 2750. The number of carbonyl (C=O) groups is 4. The number of anilines is 2. The van der Waals surface area contributed by atoms with Crippen LogP contribution in [-0.2, 0) is 34.8 Å². The third-order valence-electron chi connectivity index (χ3n) is 13.8. The van der Waals surface area contributed by atoms with E-state index in [0.717, 1.165) is 38.7 Å². The molecule has 3 aromatic carbocycles. The molecule has 1 aromatic heterocycles. The highest BCUT2D eigenvalue weighted by molar-refractivity contribution is 7.81. The number of carbonyl (C=O) groups excluding carboxylic acids is 4. The molecule has 4 atom stereocenters. The first-order chi connectivity index (χ1) is 36.0. The number of hydrogen-bond acceptors (Lipinski definition) is 14. The summed E-state index contributed by atoms with van der Waals surface area (Å²) in [7, 11) is 0. The van der Waals surface area contributed by atoms with Gasteiger partial charge in [-0.2, -0.15) is 18.4 Å². The Kier molecular flexibility index (Phi) is 18.6. The Morgan fingerprint density at radius 3 is 2.14 bits per heavy atom. The van der Waals surface area contributed by atoms with Gasteiger partial charge in [-0.05, 0) is 98.9 Å². The molecule has 0 aliphatic carbocycles. The Balaban J connectivity index is 0.864. The first-order valence-corrected chi connectivity index (χ1v) is 26.5. The second-order valence-corrected chi connectivity index (χ2v) is 21.9. The van der Waals surface area contributed by atoms with E-state index in [0.29, 0.717) is 77.2 Å². The van der Waals surface area contributed by atoms with E-state index in [9.17, 15) is 42.7 Å². The fourth-order valence-electron chi connectivity index (χ4n) is 9.45. The third kappa shape index (κ3) is 13.7. The fraction of sp³-hybridized carbons (Fsp3) is 0.500. The SMILES string of the molecule is Cc1ncsc1-c1ccc(C(C)NC(=O)[C@@H]2C[C@@H](O)CN2C(=O)C(NC(=O)CN2CCOCCN(CCOc3ccc(N4C(=S)N(c5ccc(C#N)c(C(F)(F)F)c5)C(=O)C4(C)C)cc3)CCOCC2)C(C)(C)C)cc1. The van der Waals surface area contributed by atoms with Gasteiger partial charge in [-0.25, -0.2) is 4.98 Å². The number of nitrogens with zero attached hydrogens (tertiary/aromatic N) is 7. The number of aliphatic hydroxyl groups is 1. The van der Waals surface area contributed by atoms with Crippen LogP contribution in [0.25, 0.3) is 10.4 Å². The number of thiocarbonyl (C=S) groups is 1. The number of nitriles is 1. The van der Waals surface area contributed by atoms with Gasteiger partial charge >= 0.3 is 6.18 Å². The predicted octanol–water partition coefficient (Wildman–Crippen LogP) is 6.33. The summed E-state index contributed by atoms with van der Waals surface area (Å²) < 4.78 is 59.5. The summed E-state index contributed by atoms with van der Waals surface area (Å²) in [5.74, 6) is -1.18. The lowest BCUT2D eigenvalue weighted by Crippen LogP contribution is -2.59. The molecule has 3 fully saturated rings. The largest absolute Gasteiger partial charge is 0.492 e. The Labute approximate surface area is 450 Å². The second kappa shape index (κ2) is 24.5. The van der Waals surface area contributed by atoms with E-state index in [-0.39, 0.29) is 48.2 Å². The van der Waals surface area contributed by atoms with E-state index in [4.69, 9.17) is 26.4 Å². The summed E-state index contributed by atoms with van der Waals surface area (Å²) in [4.78, 5) is 69.0. The van der Waals surface area contributed by atoms with Gasteiger partial charge in [0.05, 0.1) is 84.1 Å². The number of rotatable bonds is 14. The molecule has 3 aliphatic rings. The van der Waals surface area contributed by atoms with Gasteiger partial charge in [0.15, 0.2) is 5.11 Å². The number of amides is 4. The number of likely N-dealkylation sites (tertiary alicyclic amines) is 1. The van der Waals surface area contributed by atoms with E-state index < -0.39 is 58.3 Å². The quantitative estimate of drug-likeness (QED) is 0.119. The predicted molar refractivity (Wildman–Crippen MR) is 286 cm³/mol. The number of aromatic nitrogens is 1. The molecule has 0 bridgehead atoms. The lowest BCUT2D eigenvalue weighted by molar-refractivity contribution is -0.144. The molecule has 3 saturated heterocycles. The number of alkyl halides is 3. The van der Waals surface area contributed by atoms with E-state index >= 15 is 0 Å². The molecule has 0 radical (unpaired) electrons. The minimum absolute atomic E-state index is 0.0109. The molecule has 4 heterocycles. The first-order valence-electron chi connectivity index (χ1n) is 25.2. The summed E-state index contributed by atoms with van der Waals surface area (Å²) in [6, 6.07) is 17.1. The number of benzene rings is 3. The number of aryl methyl sites for hydroxylation is 1. The van der Waals surface area contributed by atoms with Crippen molar-refractivity contribution in [2.75, 3.05) is 88.6 Å². The molecule has 0 saturated carbocycles. The Hall–Kier alpha value is -6.06. The summed E-state index contributed by atoms with van der Waals surface area (Å²) in [6.45, 7) is 17.0. The van der Waals surface area contributed by atoms with Crippen molar-refractivity contribution < 1.29 is 51.7 Å². The van der Waals surface area contributed by atoms with Crippen molar-refractivity contribution in [1.82, 2.24) is 30.3 Å². The molecule has 17 nitrogen and oxygen atoms in total. The van der Waals surface area contributed by atoms with Crippen LogP contribution >= 0.6 is 23.6 Å². The molecular formula is C54H66F3N9O8S2. The van der Waals surface area contributed by atoms with Crippen LogP contribution in [0.5, 0.6) is 5.75 Å². The molecule has 3 aliphatic heterocycles. The zero-order valence-electron chi connectivity index (χ0n) is 43.8. The lowest BCUT2D eigenvalue weighted by atomic mass is 9.85. The number of ether oxygens (including phenoxy) is 3. The van der Waals surface area contributed by atoms with Gasteiger partial charge in [0.2, 0.25) is 17.7 Å².